The van der Waals surface area contributed by atoms with Crippen molar-refractivity contribution in [3.05, 3.63) is 46.8 Å². The first-order valence-corrected chi connectivity index (χ1v) is 7.86. The Hall–Kier alpha value is -2.54. The first-order chi connectivity index (χ1) is 11.6. The van der Waals surface area contributed by atoms with Crippen molar-refractivity contribution >= 4 is 11.7 Å². The number of benzene rings is 1. The molecule has 7 nitrogen and oxygen atoms in total. The van der Waals surface area contributed by atoms with Gasteiger partial charge >= 0.3 is 6.03 Å². The van der Waals surface area contributed by atoms with E-state index in [1.165, 1.54) is 0 Å². The molecule has 0 spiro atoms. The van der Waals surface area contributed by atoms with Gasteiger partial charge in [0.1, 0.15) is 5.76 Å². The van der Waals surface area contributed by atoms with E-state index in [0.29, 0.717) is 26.2 Å². The van der Waals surface area contributed by atoms with Crippen molar-refractivity contribution in [2.45, 2.75) is 26.9 Å². The van der Waals surface area contributed by atoms with Crippen LogP contribution in [0.25, 0.3) is 0 Å². The summed E-state index contributed by atoms with van der Waals surface area (Å²) in [4.78, 5) is 12.0. The molecule has 0 bridgehead atoms. The van der Waals surface area contributed by atoms with Gasteiger partial charge in [-0.15, -0.1) is 0 Å². The molecule has 0 fully saturated rings. The van der Waals surface area contributed by atoms with Crippen molar-refractivity contribution in [1.29, 1.82) is 0 Å². The Bertz CT molecular complexity index is 650. The minimum Gasteiger partial charge on any atom is -0.383 e. The standard InChI is InChI=1S/C17H24N4O3/c1-12-15(13(2)24-21-12)11-20-17(22)19-10-14-6-4-5-7-16(14)18-8-9-23-3/h4-7,18H,8-11H2,1-3H3,(H2,19,20,22). The smallest absolute Gasteiger partial charge is 0.315 e. The highest BCUT2D eigenvalue weighted by atomic mass is 16.5. The fourth-order valence-corrected chi connectivity index (χ4v) is 2.30. The van der Waals surface area contributed by atoms with Crippen molar-refractivity contribution in [1.82, 2.24) is 15.8 Å². The van der Waals surface area contributed by atoms with Crippen LogP contribution in [0.3, 0.4) is 0 Å². The van der Waals surface area contributed by atoms with Crippen LogP contribution in [0.1, 0.15) is 22.6 Å². The highest BCUT2D eigenvalue weighted by molar-refractivity contribution is 5.74. The molecule has 0 unspecified atom stereocenters. The normalized spacial score (nSPS) is 10.5. The van der Waals surface area contributed by atoms with Crippen molar-refractivity contribution in [3.8, 4) is 0 Å². The van der Waals surface area contributed by atoms with E-state index in [-0.39, 0.29) is 6.03 Å². The lowest BCUT2D eigenvalue weighted by molar-refractivity contribution is 0.210. The molecule has 0 aliphatic rings. The number of nitrogens with zero attached hydrogens (tertiary/aromatic N) is 1. The van der Waals surface area contributed by atoms with Gasteiger partial charge in [0, 0.05) is 38.0 Å². The van der Waals surface area contributed by atoms with Gasteiger partial charge in [-0.05, 0) is 25.5 Å². The zero-order valence-corrected chi connectivity index (χ0v) is 14.3. The molecule has 1 aromatic heterocycles. The number of amides is 2. The van der Waals surface area contributed by atoms with Gasteiger partial charge in [-0.25, -0.2) is 4.79 Å². The monoisotopic (exact) mass is 332 g/mol. The summed E-state index contributed by atoms with van der Waals surface area (Å²) in [6.07, 6.45) is 0. The van der Waals surface area contributed by atoms with Gasteiger partial charge < -0.3 is 25.2 Å². The Morgan fingerprint density at radius 1 is 1.21 bits per heavy atom. The summed E-state index contributed by atoms with van der Waals surface area (Å²) in [5.74, 6) is 0.723. The number of urea groups is 1. The molecule has 0 saturated heterocycles. The maximum atomic E-state index is 12.0. The fraction of sp³-hybridized carbons (Fsp3) is 0.412. The van der Waals surface area contributed by atoms with Crippen LogP contribution in [0, 0.1) is 13.8 Å². The second kappa shape index (κ2) is 8.93. The number of para-hydroxylation sites is 1. The molecular formula is C17H24N4O3. The lowest BCUT2D eigenvalue weighted by atomic mass is 10.1. The number of anilines is 1. The van der Waals surface area contributed by atoms with E-state index in [1.807, 2.05) is 38.1 Å². The summed E-state index contributed by atoms with van der Waals surface area (Å²) in [6.45, 7) is 5.85. The van der Waals surface area contributed by atoms with E-state index >= 15 is 0 Å². The maximum absolute atomic E-state index is 12.0. The molecule has 2 aromatic rings. The molecule has 0 aliphatic carbocycles. The highest BCUT2D eigenvalue weighted by Gasteiger charge is 2.10. The van der Waals surface area contributed by atoms with Gasteiger partial charge in [0.05, 0.1) is 12.3 Å². The number of aryl methyl sites for hydroxylation is 2. The molecule has 0 radical (unpaired) electrons. The summed E-state index contributed by atoms with van der Waals surface area (Å²) >= 11 is 0. The second-order valence-corrected chi connectivity index (χ2v) is 5.42. The Morgan fingerprint density at radius 3 is 2.67 bits per heavy atom. The molecule has 24 heavy (non-hydrogen) atoms. The number of nitrogens with one attached hydrogen (secondary N) is 3. The van der Waals surface area contributed by atoms with Crippen LogP contribution in [-0.4, -0.2) is 31.4 Å². The molecule has 7 heteroatoms. The van der Waals surface area contributed by atoms with E-state index in [2.05, 4.69) is 21.1 Å². The Morgan fingerprint density at radius 2 is 1.96 bits per heavy atom. The van der Waals surface area contributed by atoms with Gasteiger partial charge in [-0.3, -0.25) is 0 Å². The number of carbonyl (C=O) groups excluding carboxylic acids is 1. The predicted molar refractivity (Wildman–Crippen MR) is 91.9 cm³/mol. The molecule has 3 N–H and O–H groups in total. The molecule has 0 saturated carbocycles. The number of carbonyl (C=O) groups is 1. The molecule has 2 rings (SSSR count). The quantitative estimate of drug-likeness (QED) is 0.646. The zero-order valence-electron chi connectivity index (χ0n) is 14.3. The number of methoxy groups -OCH3 is 1. The maximum Gasteiger partial charge on any atom is 0.315 e. The van der Waals surface area contributed by atoms with Crippen molar-refractivity contribution in [3.63, 3.8) is 0 Å². The molecule has 2 amide bonds. The van der Waals surface area contributed by atoms with E-state index < -0.39 is 0 Å². The van der Waals surface area contributed by atoms with Crippen molar-refractivity contribution in [2.24, 2.45) is 0 Å². The SMILES string of the molecule is COCCNc1ccccc1CNC(=O)NCc1c(C)noc1C. The van der Waals surface area contributed by atoms with E-state index in [0.717, 1.165) is 28.3 Å². The first kappa shape index (κ1) is 17.8. The third-order valence-corrected chi connectivity index (χ3v) is 3.69. The van der Waals surface area contributed by atoms with Gasteiger partial charge in [0.15, 0.2) is 0 Å². The van der Waals surface area contributed by atoms with E-state index in [4.69, 9.17) is 9.26 Å². The number of hydrogen-bond donors (Lipinski definition) is 3. The Balaban J connectivity index is 1.83. The van der Waals surface area contributed by atoms with Crippen molar-refractivity contribution < 1.29 is 14.1 Å². The first-order valence-electron chi connectivity index (χ1n) is 7.86. The summed E-state index contributed by atoms with van der Waals surface area (Å²) in [5.41, 5.74) is 3.70. The minimum atomic E-state index is -0.235. The third-order valence-electron chi connectivity index (χ3n) is 3.69. The lowest BCUT2D eigenvalue weighted by Gasteiger charge is -2.13. The zero-order chi connectivity index (χ0) is 17.4. The number of hydrogen-bond acceptors (Lipinski definition) is 5. The van der Waals surface area contributed by atoms with Gasteiger partial charge in [0.25, 0.3) is 0 Å². The summed E-state index contributed by atoms with van der Waals surface area (Å²) in [5, 5.41) is 12.8. The van der Waals surface area contributed by atoms with Crippen molar-refractivity contribution in [2.75, 3.05) is 25.6 Å². The van der Waals surface area contributed by atoms with E-state index in [1.54, 1.807) is 7.11 Å². The van der Waals surface area contributed by atoms with Crippen LogP contribution in [0.5, 0.6) is 0 Å². The van der Waals surface area contributed by atoms with E-state index in [9.17, 15) is 4.79 Å². The lowest BCUT2D eigenvalue weighted by Crippen LogP contribution is -2.35. The second-order valence-electron chi connectivity index (χ2n) is 5.42. The molecule has 0 aliphatic heterocycles. The molecule has 0 atom stereocenters. The molecule has 1 heterocycles. The summed E-state index contributed by atoms with van der Waals surface area (Å²) in [6, 6.07) is 7.62. The number of ether oxygens (including phenoxy) is 1. The van der Waals surface area contributed by atoms with Crippen LogP contribution in [0.2, 0.25) is 0 Å². The number of aromatic nitrogens is 1. The Labute approximate surface area is 141 Å². The van der Waals surface area contributed by atoms with Crippen LogP contribution in [-0.2, 0) is 17.8 Å². The fourth-order valence-electron chi connectivity index (χ4n) is 2.30. The summed E-state index contributed by atoms with van der Waals surface area (Å²) < 4.78 is 10.1. The largest absolute Gasteiger partial charge is 0.383 e. The molecule has 130 valence electrons. The van der Waals surface area contributed by atoms with Gasteiger partial charge in [0.2, 0.25) is 0 Å². The van der Waals surface area contributed by atoms with Crippen LogP contribution < -0.4 is 16.0 Å². The topological polar surface area (TPSA) is 88.4 Å². The van der Waals surface area contributed by atoms with Crippen LogP contribution in [0.15, 0.2) is 28.8 Å². The van der Waals surface area contributed by atoms with Crippen LogP contribution >= 0.6 is 0 Å². The average molecular weight is 332 g/mol. The number of rotatable bonds is 8. The highest BCUT2D eigenvalue weighted by Crippen LogP contribution is 2.14. The third kappa shape index (κ3) is 4.99. The average Bonchev–Trinajstić information content (AvgIpc) is 2.90. The van der Waals surface area contributed by atoms with Crippen LogP contribution in [0.4, 0.5) is 10.5 Å². The summed E-state index contributed by atoms with van der Waals surface area (Å²) in [7, 11) is 1.67. The van der Waals surface area contributed by atoms with Gasteiger partial charge in [-0.1, -0.05) is 23.4 Å². The minimum absolute atomic E-state index is 0.235. The molecular weight excluding hydrogens is 308 g/mol. The Kier molecular flexibility index (Phi) is 6.62. The predicted octanol–water partition coefficient (Wildman–Crippen LogP) is 2.35. The van der Waals surface area contributed by atoms with Gasteiger partial charge in [-0.2, -0.15) is 0 Å². The molecule has 1 aromatic carbocycles.